The number of nitrogens with one attached hydrogen (secondary N) is 1. The van der Waals surface area contributed by atoms with Crippen LogP contribution in [0.2, 0.25) is 0 Å². The maximum atomic E-state index is 11.9. The number of amides is 2. The Morgan fingerprint density at radius 2 is 1.90 bits per heavy atom. The molecule has 118 valence electrons. The molecule has 0 saturated heterocycles. The number of carboxylic acid groups (broad SMARTS) is 1. The lowest BCUT2D eigenvalue weighted by molar-refractivity contribution is -0.141. The first-order valence-electron chi connectivity index (χ1n) is 7.25. The summed E-state index contributed by atoms with van der Waals surface area (Å²) in [7, 11) is 0. The molecule has 0 fully saturated rings. The third kappa shape index (κ3) is 8.74. The van der Waals surface area contributed by atoms with Crippen molar-refractivity contribution in [2.45, 2.75) is 46.6 Å². The van der Waals surface area contributed by atoms with Crippen molar-refractivity contribution in [2.75, 3.05) is 26.2 Å². The van der Waals surface area contributed by atoms with Crippen molar-refractivity contribution in [3.05, 3.63) is 0 Å². The third-order valence-electron chi connectivity index (χ3n) is 2.88. The fourth-order valence-electron chi connectivity index (χ4n) is 1.62. The van der Waals surface area contributed by atoms with E-state index < -0.39 is 11.9 Å². The van der Waals surface area contributed by atoms with Gasteiger partial charge in [-0.3, -0.25) is 4.79 Å². The van der Waals surface area contributed by atoms with E-state index in [1.54, 1.807) is 6.92 Å². The third-order valence-corrected chi connectivity index (χ3v) is 2.88. The van der Waals surface area contributed by atoms with E-state index in [0.717, 1.165) is 12.8 Å². The summed E-state index contributed by atoms with van der Waals surface area (Å²) < 4.78 is 5.41. The van der Waals surface area contributed by atoms with Gasteiger partial charge >= 0.3 is 12.0 Å². The molecule has 1 atom stereocenters. The molecule has 0 aromatic heterocycles. The van der Waals surface area contributed by atoms with E-state index in [-0.39, 0.29) is 18.7 Å². The molecule has 0 aliphatic rings. The van der Waals surface area contributed by atoms with E-state index in [9.17, 15) is 9.59 Å². The van der Waals surface area contributed by atoms with E-state index >= 15 is 0 Å². The zero-order valence-electron chi connectivity index (χ0n) is 13.0. The lowest BCUT2D eigenvalue weighted by Crippen LogP contribution is -2.43. The Balaban J connectivity index is 3.84. The van der Waals surface area contributed by atoms with Gasteiger partial charge in [0.1, 0.15) is 0 Å². The predicted octanol–water partition coefficient (Wildman–Crippen LogP) is 1.94. The average Bonchev–Trinajstić information content (AvgIpc) is 2.38. The van der Waals surface area contributed by atoms with Gasteiger partial charge < -0.3 is 20.1 Å². The molecular formula is C14H28N2O4. The highest BCUT2D eigenvalue weighted by atomic mass is 16.5. The highest BCUT2D eigenvalue weighted by Gasteiger charge is 2.18. The van der Waals surface area contributed by atoms with Crippen LogP contribution in [0.3, 0.4) is 0 Å². The van der Waals surface area contributed by atoms with E-state index in [1.807, 2.05) is 20.8 Å². The van der Waals surface area contributed by atoms with Crippen molar-refractivity contribution in [3.63, 3.8) is 0 Å². The number of hydrogen-bond donors (Lipinski definition) is 2. The predicted molar refractivity (Wildman–Crippen MR) is 77.8 cm³/mol. The molecule has 6 nitrogen and oxygen atoms in total. The molecule has 20 heavy (non-hydrogen) atoms. The number of rotatable bonds is 10. The Bertz CT molecular complexity index is 295. The van der Waals surface area contributed by atoms with E-state index in [4.69, 9.17) is 9.84 Å². The number of aliphatic carboxylic acids is 1. The lowest BCUT2D eigenvalue weighted by Gasteiger charge is -2.23. The Kier molecular flexibility index (Phi) is 9.80. The highest BCUT2D eigenvalue weighted by Crippen LogP contribution is 2.01. The summed E-state index contributed by atoms with van der Waals surface area (Å²) in [6.07, 6.45) is 1.98. The second kappa shape index (κ2) is 10.5. The minimum absolute atomic E-state index is 0.203. The van der Waals surface area contributed by atoms with Crippen LogP contribution in [-0.4, -0.2) is 54.4 Å². The molecule has 0 spiro atoms. The molecule has 0 aromatic carbocycles. The van der Waals surface area contributed by atoms with Gasteiger partial charge in [0.05, 0.1) is 12.0 Å². The summed E-state index contributed by atoms with van der Waals surface area (Å²) in [6.45, 7) is 9.43. The molecule has 0 aliphatic heterocycles. The van der Waals surface area contributed by atoms with Gasteiger partial charge in [0, 0.05) is 26.2 Å². The minimum atomic E-state index is -0.887. The van der Waals surface area contributed by atoms with Gasteiger partial charge in [-0.1, -0.05) is 6.92 Å². The number of unbranched alkanes of at least 4 members (excludes halogenated alkanes) is 1. The topological polar surface area (TPSA) is 78.9 Å². The minimum Gasteiger partial charge on any atom is -0.481 e. The van der Waals surface area contributed by atoms with Crippen LogP contribution in [0, 0.1) is 5.92 Å². The fraction of sp³-hybridized carbons (Fsp3) is 0.857. The second-order valence-electron chi connectivity index (χ2n) is 5.14. The van der Waals surface area contributed by atoms with Crippen LogP contribution in [0.25, 0.3) is 0 Å². The van der Waals surface area contributed by atoms with Crippen LogP contribution in [0.1, 0.15) is 40.5 Å². The van der Waals surface area contributed by atoms with Crippen LogP contribution in [0.4, 0.5) is 4.79 Å². The molecular weight excluding hydrogens is 260 g/mol. The monoisotopic (exact) mass is 288 g/mol. The van der Waals surface area contributed by atoms with Crippen LogP contribution >= 0.6 is 0 Å². The Morgan fingerprint density at radius 1 is 1.25 bits per heavy atom. The van der Waals surface area contributed by atoms with E-state index in [0.29, 0.717) is 19.7 Å². The van der Waals surface area contributed by atoms with Crippen molar-refractivity contribution in [1.29, 1.82) is 0 Å². The zero-order valence-corrected chi connectivity index (χ0v) is 13.0. The smallest absolute Gasteiger partial charge is 0.317 e. The van der Waals surface area contributed by atoms with Gasteiger partial charge in [-0.05, 0) is 33.6 Å². The molecule has 0 aromatic rings. The van der Waals surface area contributed by atoms with Gasteiger partial charge in [-0.2, -0.15) is 0 Å². The van der Waals surface area contributed by atoms with Gasteiger partial charge in [-0.25, -0.2) is 4.79 Å². The van der Waals surface area contributed by atoms with Crippen molar-refractivity contribution in [3.8, 4) is 0 Å². The summed E-state index contributed by atoms with van der Waals surface area (Å²) in [4.78, 5) is 24.2. The lowest BCUT2D eigenvalue weighted by atomic mass is 10.2. The first-order chi connectivity index (χ1) is 9.38. The molecule has 0 aliphatic carbocycles. The second-order valence-corrected chi connectivity index (χ2v) is 5.14. The number of carbonyl (C=O) groups is 2. The van der Waals surface area contributed by atoms with Crippen molar-refractivity contribution in [1.82, 2.24) is 10.2 Å². The first-order valence-corrected chi connectivity index (χ1v) is 7.25. The Labute approximate surface area is 121 Å². The summed E-state index contributed by atoms with van der Waals surface area (Å²) in [6, 6.07) is -0.203. The first kappa shape index (κ1) is 18.7. The van der Waals surface area contributed by atoms with Gasteiger partial charge in [0.15, 0.2) is 0 Å². The van der Waals surface area contributed by atoms with Crippen LogP contribution in [-0.2, 0) is 9.53 Å². The molecule has 0 bridgehead atoms. The number of urea groups is 1. The molecule has 0 rings (SSSR count). The van der Waals surface area contributed by atoms with Crippen molar-refractivity contribution < 1.29 is 19.4 Å². The molecule has 2 N–H and O–H groups in total. The average molecular weight is 288 g/mol. The van der Waals surface area contributed by atoms with Gasteiger partial charge in [-0.15, -0.1) is 0 Å². The molecule has 0 saturated carbocycles. The Morgan fingerprint density at radius 3 is 2.40 bits per heavy atom. The molecule has 2 amide bonds. The fourth-order valence-corrected chi connectivity index (χ4v) is 1.62. The standard InChI is InChI=1S/C14H28N2O4/c1-5-16(10-12(4)13(17)18)14(19)15-8-6-7-9-20-11(2)3/h11-12H,5-10H2,1-4H3,(H,15,19)(H,17,18). The summed E-state index contributed by atoms with van der Waals surface area (Å²) in [5, 5.41) is 11.7. The van der Waals surface area contributed by atoms with Crippen LogP contribution in [0.15, 0.2) is 0 Å². The number of nitrogens with zero attached hydrogens (tertiary/aromatic N) is 1. The quantitative estimate of drug-likeness (QED) is 0.602. The molecule has 0 heterocycles. The molecule has 1 unspecified atom stereocenters. The maximum absolute atomic E-state index is 11.9. The van der Waals surface area contributed by atoms with E-state index in [2.05, 4.69) is 5.32 Å². The van der Waals surface area contributed by atoms with Crippen LogP contribution < -0.4 is 5.32 Å². The van der Waals surface area contributed by atoms with Crippen molar-refractivity contribution in [2.24, 2.45) is 5.92 Å². The molecule has 6 heteroatoms. The number of ether oxygens (including phenoxy) is 1. The Hall–Kier alpha value is -1.30. The zero-order chi connectivity index (χ0) is 15.5. The SMILES string of the molecule is CCN(CC(C)C(=O)O)C(=O)NCCCCOC(C)C. The normalized spacial score (nSPS) is 12.2. The summed E-state index contributed by atoms with van der Waals surface area (Å²) in [5.41, 5.74) is 0. The number of hydrogen-bond acceptors (Lipinski definition) is 3. The van der Waals surface area contributed by atoms with E-state index in [1.165, 1.54) is 4.90 Å². The summed E-state index contributed by atoms with van der Waals surface area (Å²) >= 11 is 0. The van der Waals surface area contributed by atoms with Gasteiger partial charge in [0.25, 0.3) is 0 Å². The summed E-state index contributed by atoms with van der Waals surface area (Å²) in [5.74, 6) is -1.44. The number of carboxylic acids is 1. The van der Waals surface area contributed by atoms with Crippen molar-refractivity contribution >= 4 is 12.0 Å². The number of carbonyl (C=O) groups excluding carboxylic acids is 1. The van der Waals surface area contributed by atoms with Crippen LogP contribution in [0.5, 0.6) is 0 Å². The molecule has 0 radical (unpaired) electrons. The maximum Gasteiger partial charge on any atom is 0.317 e. The highest BCUT2D eigenvalue weighted by molar-refractivity contribution is 5.75. The van der Waals surface area contributed by atoms with Gasteiger partial charge in [0.2, 0.25) is 0 Å². The largest absolute Gasteiger partial charge is 0.481 e.